The molecule has 0 spiro atoms. The van der Waals surface area contributed by atoms with Crippen molar-refractivity contribution in [3.05, 3.63) is 77.9 Å². The van der Waals surface area contributed by atoms with Crippen LogP contribution in [0.5, 0.6) is 17.2 Å². The van der Waals surface area contributed by atoms with Gasteiger partial charge < -0.3 is 24.1 Å². The molecule has 0 saturated heterocycles. The van der Waals surface area contributed by atoms with Crippen molar-refractivity contribution in [2.45, 2.75) is 12.7 Å². The number of imidazole rings is 1. The second-order valence-electron chi connectivity index (χ2n) is 6.73. The van der Waals surface area contributed by atoms with Gasteiger partial charge in [0.2, 0.25) is 5.91 Å². The van der Waals surface area contributed by atoms with Gasteiger partial charge in [-0.05, 0) is 29.8 Å². The van der Waals surface area contributed by atoms with Crippen molar-refractivity contribution in [1.29, 1.82) is 0 Å². The van der Waals surface area contributed by atoms with Gasteiger partial charge in [-0.3, -0.25) is 4.79 Å². The van der Waals surface area contributed by atoms with Gasteiger partial charge in [0, 0.05) is 37.1 Å². The Balaban J connectivity index is 1.89. The summed E-state index contributed by atoms with van der Waals surface area (Å²) in [6, 6.07) is 10.9. The topological polar surface area (TPSA) is 74.6 Å². The molecular formula is C23H23F2N3O4. The lowest BCUT2D eigenvalue weighted by atomic mass is 10.0. The predicted molar refractivity (Wildman–Crippen MR) is 115 cm³/mol. The number of rotatable bonds is 9. The molecule has 1 amide bonds. The van der Waals surface area contributed by atoms with E-state index in [4.69, 9.17) is 9.47 Å². The molecule has 0 aliphatic rings. The number of aromatic nitrogens is 2. The molecule has 2 aromatic carbocycles. The van der Waals surface area contributed by atoms with Crippen LogP contribution in [0.1, 0.15) is 23.0 Å². The minimum Gasteiger partial charge on any atom is -0.497 e. The Bertz CT molecular complexity index is 1080. The average Bonchev–Trinajstić information content (AvgIpc) is 3.21. The first-order chi connectivity index (χ1) is 15.4. The number of hydrogen-bond acceptors (Lipinski definition) is 5. The van der Waals surface area contributed by atoms with E-state index in [1.165, 1.54) is 32.4 Å². The highest BCUT2D eigenvalue weighted by molar-refractivity contribution is 5.92. The molecule has 0 bridgehead atoms. The number of amides is 1. The van der Waals surface area contributed by atoms with Crippen molar-refractivity contribution in [2.75, 3.05) is 14.2 Å². The van der Waals surface area contributed by atoms with E-state index >= 15 is 0 Å². The Kier molecular flexibility index (Phi) is 7.43. The zero-order valence-electron chi connectivity index (χ0n) is 17.8. The normalized spacial score (nSPS) is 12.1. The number of para-hydroxylation sites is 1. The number of carbonyl (C=O) groups excluding carboxylic acids is 1. The quantitative estimate of drug-likeness (QED) is 0.507. The zero-order chi connectivity index (χ0) is 23.1. The Morgan fingerprint density at radius 2 is 1.81 bits per heavy atom. The fourth-order valence-corrected chi connectivity index (χ4v) is 3.13. The van der Waals surface area contributed by atoms with Crippen LogP contribution in [0.3, 0.4) is 0 Å². The maximum atomic E-state index is 12.8. The minimum absolute atomic E-state index is 0.0234. The summed E-state index contributed by atoms with van der Waals surface area (Å²) in [6.07, 6.45) is 6.05. The van der Waals surface area contributed by atoms with Crippen LogP contribution in [-0.2, 0) is 11.8 Å². The first-order valence-corrected chi connectivity index (χ1v) is 9.64. The molecule has 0 aliphatic heterocycles. The van der Waals surface area contributed by atoms with E-state index in [0.717, 1.165) is 0 Å². The molecule has 1 N–H and O–H groups in total. The molecule has 0 radical (unpaired) electrons. The number of ether oxygens (including phenoxy) is 3. The highest BCUT2D eigenvalue weighted by Crippen LogP contribution is 2.29. The molecule has 1 heterocycles. The number of methoxy groups -OCH3 is 2. The molecule has 3 aromatic rings. The predicted octanol–water partition coefficient (Wildman–Crippen LogP) is 3.96. The van der Waals surface area contributed by atoms with Gasteiger partial charge in [-0.2, -0.15) is 8.78 Å². The highest BCUT2D eigenvalue weighted by atomic mass is 19.3. The van der Waals surface area contributed by atoms with E-state index in [2.05, 4.69) is 15.0 Å². The van der Waals surface area contributed by atoms with Crippen LogP contribution in [0.25, 0.3) is 6.08 Å². The molecule has 1 aromatic heterocycles. The van der Waals surface area contributed by atoms with Gasteiger partial charge in [0.05, 0.1) is 14.2 Å². The van der Waals surface area contributed by atoms with E-state index in [1.807, 2.05) is 7.05 Å². The van der Waals surface area contributed by atoms with Crippen LogP contribution in [-0.4, -0.2) is 36.3 Å². The Morgan fingerprint density at radius 1 is 1.12 bits per heavy atom. The number of carbonyl (C=O) groups is 1. The van der Waals surface area contributed by atoms with Crippen molar-refractivity contribution in [3.8, 4) is 17.2 Å². The van der Waals surface area contributed by atoms with Crippen molar-refractivity contribution in [3.63, 3.8) is 0 Å². The van der Waals surface area contributed by atoms with Crippen molar-refractivity contribution in [2.24, 2.45) is 7.05 Å². The Labute approximate surface area is 184 Å². The first kappa shape index (κ1) is 22.8. The van der Waals surface area contributed by atoms with Crippen molar-refractivity contribution in [1.82, 2.24) is 14.9 Å². The van der Waals surface area contributed by atoms with E-state index in [-0.39, 0.29) is 5.75 Å². The lowest BCUT2D eigenvalue weighted by Crippen LogP contribution is -2.29. The smallest absolute Gasteiger partial charge is 0.387 e. The van der Waals surface area contributed by atoms with Crippen molar-refractivity contribution < 1.29 is 27.8 Å². The third-order valence-corrected chi connectivity index (χ3v) is 4.66. The second kappa shape index (κ2) is 10.4. The fraction of sp³-hybridized carbons (Fsp3) is 0.217. The zero-order valence-corrected chi connectivity index (χ0v) is 17.8. The summed E-state index contributed by atoms with van der Waals surface area (Å²) in [5.74, 6) is 1.22. The van der Waals surface area contributed by atoms with Gasteiger partial charge in [-0.25, -0.2) is 4.98 Å². The number of hydrogen-bond donors (Lipinski definition) is 1. The number of halogens is 2. The summed E-state index contributed by atoms with van der Waals surface area (Å²) < 4.78 is 42.2. The lowest BCUT2D eigenvalue weighted by molar-refractivity contribution is -0.117. The summed E-state index contributed by atoms with van der Waals surface area (Å²) in [5, 5.41) is 2.90. The molecule has 32 heavy (non-hydrogen) atoms. The second-order valence-corrected chi connectivity index (χ2v) is 6.73. The molecule has 3 rings (SSSR count). The van der Waals surface area contributed by atoms with E-state index in [0.29, 0.717) is 28.5 Å². The summed E-state index contributed by atoms with van der Waals surface area (Å²) >= 11 is 0. The molecule has 0 aliphatic carbocycles. The molecule has 9 heteroatoms. The van der Waals surface area contributed by atoms with Crippen LogP contribution in [0.2, 0.25) is 0 Å². The minimum atomic E-state index is -2.96. The maximum absolute atomic E-state index is 12.8. The number of benzene rings is 2. The summed E-state index contributed by atoms with van der Waals surface area (Å²) in [5.41, 5.74) is 1.04. The largest absolute Gasteiger partial charge is 0.497 e. The van der Waals surface area contributed by atoms with E-state index in [9.17, 15) is 13.6 Å². The van der Waals surface area contributed by atoms with Gasteiger partial charge in [0.25, 0.3) is 0 Å². The molecule has 0 saturated carbocycles. The van der Waals surface area contributed by atoms with Gasteiger partial charge in [-0.1, -0.05) is 18.2 Å². The van der Waals surface area contributed by atoms with E-state index < -0.39 is 18.6 Å². The summed E-state index contributed by atoms with van der Waals surface area (Å²) in [7, 11) is 4.88. The lowest BCUT2D eigenvalue weighted by Gasteiger charge is -2.20. The molecule has 1 atom stereocenters. The van der Waals surface area contributed by atoms with Crippen LogP contribution in [0, 0.1) is 0 Å². The number of aryl methyl sites for hydroxylation is 1. The van der Waals surface area contributed by atoms with Gasteiger partial charge in [-0.15, -0.1) is 0 Å². The monoisotopic (exact) mass is 443 g/mol. The molecular weight excluding hydrogens is 420 g/mol. The standard InChI is InChI=1S/C23H23F2N3O4/c1-28-11-10-26-22(28)21(16-12-17(30-2)14-18(13-16)31-3)27-20(29)9-8-15-6-4-5-7-19(15)32-23(24)25/h4-14,21,23H,1-3H3,(H,27,29)/b9-8+. The summed E-state index contributed by atoms with van der Waals surface area (Å²) in [6.45, 7) is -2.96. The van der Waals surface area contributed by atoms with Crippen LogP contribution in [0.15, 0.2) is 60.9 Å². The van der Waals surface area contributed by atoms with Gasteiger partial charge in [0.15, 0.2) is 0 Å². The fourth-order valence-electron chi connectivity index (χ4n) is 3.13. The highest BCUT2D eigenvalue weighted by Gasteiger charge is 2.21. The van der Waals surface area contributed by atoms with Crippen LogP contribution in [0.4, 0.5) is 8.78 Å². The van der Waals surface area contributed by atoms with Gasteiger partial charge >= 0.3 is 6.61 Å². The third-order valence-electron chi connectivity index (χ3n) is 4.66. The molecule has 0 fully saturated rings. The molecule has 1 unspecified atom stereocenters. The first-order valence-electron chi connectivity index (χ1n) is 9.64. The molecule has 7 nitrogen and oxygen atoms in total. The molecule has 168 valence electrons. The number of alkyl halides is 2. The Morgan fingerprint density at radius 3 is 2.41 bits per heavy atom. The SMILES string of the molecule is COc1cc(OC)cc(C(NC(=O)/C=C/c2ccccc2OC(F)F)c2nccn2C)c1. The van der Waals surface area contributed by atoms with E-state index in [1.54, 1.807) is 53.4 Å². The third kappa shape index (κ3) is 5.63. The van der Waals surface area contributed by atoms with Crippen molar-refractivity contribution >= 4 is 12.0 Å². The summed E-state index contributed by atoms with van der Waals surface area (Å²) in [4.78, 5) is 17.1. The van der Waals surface area contributed by atoms with Crippen LogP contribution >= 0.6 is 0 Å². The maximum Gasteiger partial charge on any atom is 0.387 e. The number of nitrogens with one attached hydrogen (secondary N) is 1. The van der Waals surface area contributed by atoms with Gasteiger partial charge in [0.1, 0.15) is 29.1 Å². The number of nitrogens with zero attached hydrogens (tertiary/aromatic N) is 2. The Hall–Kier alpha value is -3.88. The van der Waals surface area contributed by atoms with Crippen LogP contribution < -0.4 is 19.5 Å². The average molecular weight is 443 g/mol.